The summed E-state index contributed by atoms with van der Waals surface area (Å²) in [5, 5.41) is 4.37. The van der Waals surface area contributed by atoms with Crippen LogP contribution >= 0.6 is 0 Å². The summed E-state index contributed by atoms with van der Waals surface area (Å²) in [6.45, 7) is 0.572. The number of aromatic nitrogens is 4. The molecule has 3 heterocycles. The number of imidazole rings is 1. The predicted molar refractivity (Wildman–Crippen MR) is 111 cm³/mol. The van der Waals surface area contributed by atoms with Crippen LogP contribution in [0, 0.1) is 0 Å². The molecule has 0 saturated heterocycles. The van der Waals surface area contributed by atoms with E-state index in [1.165, 1.54) is 0 Å². The summed E-state index contributed by atoms with van der Waals surface area (Å²) in [6, 6.07) is 15.2. The average Bonchev–Trinajstić information content (AvgIpc) is 3.47. The van der Waals surface area contributed by atoms with E-state index in [-0.39, 0.29) is 12.4 Å². The standard InChI is InChI=1S/C23H18N4O3/c28-23-17(8-18-11-24-15-25-18)14-30-22-9-20(6-7-21(22)23)29-13-16-10-26-27(12-16)19-4-2-1-3-5-19/h1-12,15H,13-14H2,(H,24,25)/b17-8-. The Hall–Kier alpha value is -4.13. The van der Waals surface area contributed by atoms with Crippen LogP contribution in [0.4, 0.5) is 0 Å². The van der Waals surface area contributed by atoms with Crippen LogP contribution in [0.2, 0.25) is 0 Å². The molecule has 7 heteroatoms. The maximum atomic E-state index is 12.7. The van der Waals surface area contributed by atoms with Gasteiger partial charge >= 0.3 is 0 Å². The molecule has 0 saturated carbocycles. The lowest BCUT2D eigenvalue weighted by molar-refractivity contribution is 0.100. The van der Waals surface area contributed by atoms with Gasteiger partial charge < -0.3 is 14.5 Å². The van der Waals surface area contributed by atoms with E-state index in [2.05, 4.69) is 15.1 Å². The smallest absolute Gasteiger partial charge is 0.196 e. The molecule has 4 aromatic rings. The van der Waals surface area contributed by atoms with Gasteiger partial charge in [-0.2, -0.15) is 5.10 Å². The van der Waals surface area contributed by atoms with Crippen molar-refractivity contribution in [3.63, 3.8) is 0 Å². The molecule has 2 aromatic heterocycles. The molecule has 1 aliphatic rings. The van der Waals surface area contributed by atoms with Crippen molar-refractivity contribution in [3.05, 3.63) is 95.8 Å². The lowest BCUT2D eigenvalue weighted by Crippen LogP contribution is -2.19. The maximum Gasteiger partial charge on any atom is 0.196 e. The third kappa shape index (κ3) is 3.60. The van der Waals surface area contributed by atoms with E-state index in [0.717, 1.165) is 16.9 Å². The Morgan fingerprint density at radius 1 is 1.17 bits per heavy atom. The third-order valence-corrected chi connectivity index (χ3v) is 4.78. The fourth-order valence-corrected chi connectivity index (χ4v) is 3.26. The summed E-state index contributed by atoms with van der Waals surface area (Å²) >= 11 is 0. The van der Waals surface area contributed by atoms with Crippen molar-refractivity contribution in [2.24, 2.45) is 0 Å². The quantitative estimate of drug-likeness (QED) is 0.517. The number of hydrogen-bond acceptors (Lipinski definition) is 5. The zero-order valence-electron chi connectivity index (χ0n) is 16.0. The SMILES string of the molecule is O=C1/C(=C\c2cnc[nH]2)COc2cc(OCc3cnn(-c4ccccc4)c3)ccc21. The Balaban J connectivity index is 1.28. The number of carbonyl (C=O) groups is 1. The van der Waals surface area contributed by atoms with E-state index < -0.39 is 0 Å². The first kappa shape index (κ1) is 17.9. The molecule has 0 radical (unpaired) electrons. The summed E-state index contributed by atoms with van der Waals surface area (Å²) in [4.78, 5) is 19.7. The van der Waals surface area contributed by atoms with Gasteiger partial charge in [0.2, 0.25) is 0 Å². The second kappa shape index (κ2) is 7.71. The van der Waals surface area contributed by atoms with E-state index in [1.807, 2.05) is 36.5 Å². The van der Waals surface area contributed by atoms with Crippen LogP contribution in [0.5, 0.6) is 11.5 Å². The zero-order valence-corrected chi connectivity index (χ0v) is 16.0. The number of nitrogens with one attached hydrogen (secondary N) is 1. The molecule has 0 amide bonds. The minimum Gasteiger partial charge on any atom is -0.489 e. The van der Waals surface area contributed by atoms with Gasteiger partial charge in [-0.1, -0.05) is 18.2 Å². The van der Waals surface area contributed by atoms with Crippen molar-refractivity contribution < 1.29 is 14.3 Å². The normalized spacial score (nSPS) is 14.4. The van der Waals surface area contributed by atoms with Gasteiger partial charge in [-0.25, -0.2) is 9.67 Å². The molecular formula is C23H18N4O3. The number of nitrogens with zero attached hydrogens (tertiary/aromatic N) is 3. The highest BCUT2D eigenvalue weighted by Crippen LogP contribution is 2.31. The number of fused-ring (bicyclic) bond motifs is 1. The number of carbonyl (C=O) groups excluding carboxylic acids is 1. The molecular weight excluding hydrogens is 380 g/mol. The number of Topliss-reactive ketones (excluding diaryl/α,β-unsaturated/α-hetero) is 1. The number of aromatic amines is 1. The number of rotatable bonds is 5. The number of ether oxygens (including phenoxy) is 2. The van der Waals surface area contributed by atoms with E-state index in [9.17, 15) is 4.79 Å². The summed E-state index contributed by atoms with van der Waals surface area (Å²) in [7, 11) is 0. The first-order valence-electron chi connectivity index (χ1n) is 9.48. The highest BCUT2D eigenvalue weighted by molar-refractivity contribution is 6.14. The van der Waals surface area contributed by atoms with Crippen LogP contribution in [-0.2, 0) is 6.61 Å². The number of hydrogen-bond donors (Lipinski definition) is 1. The van der Waals surface area contributed by atoms with Gasteiger partial charge in [-0.3, -0.25) is 4.79 Å². The van der Waals surface area contributed by atoms with E-state index in [0.29, 0.717) is 29.2 Å². The Morgan fingerprint density at radius 2 is 2.07 bits per heavy atom. The molecule has 0 bridgehead atoms. The lowest BCUT2D eigenvalue weighted by Gasteiger charge is -2.19. The van der Waals surface area contributed by atoms with Gasteiger partial charge in [0.15, 0.2) is 5.78 Å². The molecule has 7 nitrogen and oxygen atoms in total. The summed E-state index contributed by atoms with van der Waals surface area (Å²) in [5.41, 5.74) is 3.80. The molecule has 1 aliphatic heterocycles. The van der Waals surface area contributed by atoms with Crippen LogP contribution in [0.15, 0.2) is 79.0 Å². The van der Waals surface area contributed by atoms with Gasteiger partial charge in [0.05, 0.1) is 35.7 Å². The highest BCUT2D eigenvalue weighted by Gasteiger charge is 2.24. The van der Waals surface area contributed by atoms with Crippen LogP contribution in [0.1, 0.15) is 21.6 Å². The van der Waals surface area contributed by atoms with Crippen LogP contribution in [-0.4, -0.2) is 32.1 Å². The first-order chi connectivity index (χ1) is 14.8. The molecule has 2 aromatic carbocycles. The molecule has 5 rings (SSSR count). The predicted octanol–water partition coefficient (Wildman–Crippen LogP) is 3.83. The van der Waals surface area contributed by atoms with Gasteiger partial charge in [0.25, 0.3) is 0 Å². The molecule has 30 heavy (non-hydrogen) atoms. The number of ketones is 1. The number of para-hydroxylation sites is 1. The van der Waals surface area contributed by atoms with Crippen LogP contribution in [0.3, 0.4) is 0 Å². The van der Waals surface area contributed by atoms with E-state index in [4.69, 9.17) is 9.47 Å². The van der Waals surface area contributed by atoms with Crippen molar-refractivity contribution in [2.75, 3.05) is 6.61 Å². The molecule has 0 unspecified atom stereocenters. The third-order valence-electron chi connectivity index (χ3n) is 4.78. The van der Waals surface area contributed by atoms with Crippen LogP contribution < -0.4 is 9.47 Å². The molecule has 1 N–H and O–H groups in total. The Kier molecular flexibility index (Phi) is 4.61. The van der Waals surface area contributed by atoms with Gasteiger partial charge in [0, 0.05) is 23.4 Å². The molecule has 0 aliphatic carbocycles. The van der Waals surface area contributed by atoms with Gasteiger partial charge in [-0.15, -0.1) is 0 Å². The van der Waals surface area contributed by atoms with Crippen LogP contribution in [0.25, 0.3) is 11.8 Å². The Morgan fingerprint density at radius 3 is 2.90 bits per heavy atom. The molecule has 0 fully saturated rings. The summed E-state index contributed by atoms with van der Waals surface area (Å²) < 4.78 is 13.5. The fourth-order valence-electron chi connectivity index (χ4n) is 3.26. The minimum absolute atomic E-state index is 0.0541. The van der Waals surface area contributed by atoms with E-state index >= 15 is 0 Å². The van der Waals surface area contributed by atoms with E-state index in [1.54, 1.807) is 47.7 Å². The van der Waals surface area contributed by atoms with Crippen molar-refractivity contribution >= 4 is 11.9 Å². The maximum absolute atomic E-state index is 12.7. The van der Waals surface area contributed by atoms with Crippen molar-refractivity contribution in [1.29, 1.82) is 0 Å². The number of H-pyrrole nitrogens is 1. The molecule has 0 spiro atoms. The topological polar surface area (TPSA) is 82.0 Å². The van der Waals surface area contributed by atoms with Gasteiger partial charge in [0.1, 0.15) is 24.7 Å². The second-order valence-electron chi connectivity index (χ2n) is 6.87. The van der Waals surface area contributed by atoms with Crippen molar-refractivity contribution in [2.45, 2.75) is 6.61 Å². The van der Waals surface area contributed by atoms with Crippen molar-refractivity contribution in [3.8, 4) is 17.2 Å². The van der Waals surface area contributed by atoms with Crippen molar-refractivity contribution in [1.82, 2.24) is 19.7 Å². The first-order valence-corrected chi connectivity index (χ1v) is 9.48. The monoisotopic (exact) mass is 398 g/mol. The number of benzene rings is 2. The average molecular weight is 398 g/mol. The minimum atomic E-state index is -0.0541. The zero-order chi connectivity index (χ0) is 20.3. The summed E-state index contributed by atoms with van der Waals surface area (Å²) in [5.74, 6) is 1.11. The van der Waals surface area contributed by atoms with Gasteiger partial charge in [-0.05, 0) is 30.3 Å². The highest BCUT2D eigenvalue weighted by atomic mass is 16.5. The second-order valence-corrected chi connectivity index (χ2v) is 6.87. The Labute approximate surface area is 172 Å². The molecule has 148 valence electrons. The lowest BCUT2D eigenvalue weighted by atomic mass is 9.99. The Bertz CT molecular complexity index is 1210. The fraction of sp³-hybridized carbons (Fsp3) is 0.0870. The molecule has 0 atom stereocenters. The summed E-state index contributed by atoms with van der Waals surface area (Å²) in [6.07, 6.45) is 8.69. The largest absolute Gasteiger partial charge is 0.489 e.